The number of alkyl halides is 3. The Morgan fingerprint density at radius 3 is 2.04 bits per heavy atom. The van der Waals surface area contributed by atoms with Crippen molar-refractivity contribution in [3.8, 4) is 11.1 Å². The normalized spacial score (nSPS) is 18.1. The zero-order chi connectivity index (χ0) is 35.3. The van der Waals surface area contributed by atoms with E-state index in [1.54, 1.807) is 0 Å². The fourth-order valence-corrected chi connectivity index (χ4v) is 3.98. The van der Waals surface area contributed by atoms with Gasteiger partial charge < -0.3 is 39.8 Å². The summed E-state index contributed by atoms with van der Waals surface area (Å²) in [6.07, 6.45) is -6.99. The van der Waals surface area contributed by atoms with Crippen LogP contribution in [0, 0.1) is 0 Å². The highest BCUT2D eigenvalue weighted by Gasteiger charge is 2.43. The van der Waals surface area contributed by atoms with Crippen LogP contribution in [0.5, 0.6) is 0 Å². The minimum absolute atomic E-state index is 0.0371. The van der Waals surface area contributed by atoms with Gasteiger partial charge in [0.2, 0.25) is 0 Å². The summed E-state index contributed by atoms with van der Waals surface area (Å²) in [6.45, 7) is 3.40. The number of hydrogen-bond acceptors (Lipinski definition) is 11. The highest BCUT2D eigenvalue weighted by atomic mass is 31.0. The molecule has 13 nitrogen and oxygen atoms in total. The summed E-state index contributed by atoms with van der Waals surface area (Å²) >= 11 is 0. The number of aliphatic hydroxyl groups excluding tert-OH is 4. The first-order chi connectivity index (χ1) is 21.6. The summed E-state index contributed by atoms with van der Waals surface area (Å²) in [5.41, 5.74) is -1.39. The van der Waals surface area contributed by atoms with Crippen LogP contribution in [0.15, 0.2) is 64.4 Å². The molecule has 1 fully saturated rings. The monoisotopic (exact) mass is 705 g/mol. The van der Waals surface area contributed by atoms with Crippen LogP contribution in [0.3, 0.4) is 0 Å². The van der Waals surface area contributed by atoms with Gasteiger partial charge >= 0.3 is 11.9 Å². The van der Waals surface area contributed by atoms with Crippen LogP contribution in [0.2, 0.25) is 0 Å². The number of hydrogen-bond donors (Lipinski definition) is 7. The zero-order valence-corrected chi connectivity index (χ0v) is 28.2. The molecule has 7 atom stereocenters. The van der Waals surface area contributed by atoms with Gasteiger partial charge in [0, 0.05) is 32.2 Å². The number of nitrogens with zero attached hydrogens (tertiary/aromatic N) is 3. The molecule has 1 aromatic carbocycles. The van der Waals surface area contributed by atoms with Crippen molar-refractivity contribution in [1.82, 2.24) is 14.1 Å². The number of pyridine rings is 1. The Bertz CT molecular complexity index is 1350. The lowest BCUT2D eigenvalue weighted by Gasteiger charge is -2.18. The second-order valence-electron chi connectivity index (χ2n) is 8.10. The first-order valence-corrected chi connectivity index (χ1v) is 14.4. The average molecular weight is 706 g/mol. The first kappa shape index (κ1) is 44.9. The lowest BCUT2D eigenvalue weighted by molar-refractivity contribution is -0.137. The van der Waals surface area contributed by atoms with Crippen molar-refractivity contribution >= 4 is 28.4 Å². The summed E-state index contributed by atoms with van der Waals surface area (Å²) in [6, 6.07) is 8.80. The zero-order valence-electron chi connectivity index (χ0n) is 24.7. The number of benzene rings is 1. The highest BCUT2D eigenvalue weighted by Crippen LogP contribution is 2.32. The van der Waals surface area contributed by atoms with Crippen LogP contribution in [-0.2, 0) is 17.5 Å². The van der Waals surface area contributed by atoms with E-state index in [2.05, 4.69) is 4.98 Å². The van der Waals surface area contributed by atoms with Crippen molar-refractivity contribution in [3.63, 3.8) is 0 Å². The Balaban J connectivity index is 0. The minimum atomic E-state index is -4.51. The largest absolute Gasteiger partial charge is 0.416 e. The van der Waals surface area contributed by atoms with Crippen molar-refractivity contribution < 1.29 is 53.0 Å². The summed E-state index contributed by atoms with van der Waals surface area (Å²) in [4.78, 5) is 50.4. The van der Waals surface area contributed by atoms with E-state index in [0.29, 0.717) is 5.56 Å². The maximum absolute atomic E-state index is 13.1. The van der Waals surface area contributed by atoms with Gasteiger partial charge in [-0.15, -0.1) is 0 Å². The summed E-state index contributed by atoms with van der Waals surface area (Å²) in [5.74, 6) is 0. The maximum atomic E-state index is 13.1. The van der Waals surface area contributed by atoms with Crippen molar-refractivity contribution in [3.05, 3.63) is 87.0 Å². The van der Waals surface area contributed by atoms with Gasteiger partial charge in [-0.25, -0.2) is 4.79 Å². The van der Waals surface area contributed by atoms with Gasteiger partial charge in [0.05, 0.1) is 23.9 Å². The van der Waals surface area contributed by atoms with E-state index in [4.69, 9.17) is 29.6 Å². The number of halogens is 3. The molecule has 0 aliphatic carbocycles. The predicted octanol–water partition coefficient (Wildman–Crippen LogP) is 1.08. The molecule has 19 heteroatoms. The van der Waals surface area contributed by atoms with Crippen molar-refractivity contribution in [2.75, 3.05) is 13.7 Å². The molecule has 0 amide bonds. The molecule has 0 bridgehead atoms. The fourth-order valence-electron chi connectivity index (χ4n) is 3.98. The molecular formula is C26H41F3N3O10P3. The summed E-state index contributed by atoms with van der Waals surface area (Å²) in [5, 5.41) is 36.6. The third-order valence-electron chi connectivity index (χ3n) is 5.78. The molecule has 3 heterocycles. The molecule has 0 radical (unpaired) electrons. The molecule has 2 aromatic heterocycles. The summed E-state index contributed by atoms with van der Waals surface area (Å²) < 4.78 is 46.6. The van der Waals surface area contributed by atoms with Gasteiger partial charge in [-0.1, -0.05) is 26.0 Å². The van der Waals surface area contributed by atoms with Gasteiger partial charge in [-0.3, -0.25) is 18.9 Å². The molecule has 1 aliphatic rings. The number of aliphatic hydroxyl groups is 4. The second kappa shape index (κ2) is 24.0. The SMILES string of the molecule is CC.CO.O=c1ccn(C2OC(CCO)C(O)C2O)c(=O)n1Cc1cc(-c2cccc(C(F)(F)F)c2)ccn1.OP.OP.OP. The van der Waals surface area contributed by atoms with E-state index in [-0.39, 0.29) is 30.8 Å². The molecule has 45 heavy (non-hydrogen) atoms. The molecule has 4 rings (SSSR count). The summed E-state index contributed by atoms with van der Waals surface area (Å²) in [7, 11) is 5.25. The van der Waals surface area contributed by atoms with E-state index in [9.17, 15) is 33.0 Å². The molecular weight excluding hydrogens is 664 g/mol. The molecule has 7 unspecified atom stereocenters. The maximum Gasteiger partial charge on any atom is 0.416 e. The Labute approximate surface area is 264 Å². The molecule has 1 saturated heterocycles. The first-order valence-electron chi connectivity index (χ1n) is 12.9. The Kier molecular flexibility index (Phi) is 24.0. The van der Waals surface area contributed by atoms with Crippen LogP contribution in [0.25, 0.3) is 11.1 Å². The third-order valence-corrected chi connectivity index (χ3v) is 5.78. The number of ether oxygens (including phenoxy) is 1. The van der Waals surface area contributed by atoms with Crippen LogP contribution < -0.4 is 11.2 Å². The Morgan fingerprint density at radius 2 is 1.49 bits per heavy atom. The van der Waals surface area contributed by atoms with Gasteiger partial charge in [-0.05, 0) is 70.2 Å². The van der Waals surface area contributed by atoms with Gasteiger partial charge in [0.15, 0.2) is 6.23 Å². The van der Waals surface area contributed by atoms with E-state index in [0.717, 1.165) is 40.6 Å². The highest BCUT2D eigenvalue weighted by molar-refractivity contribution is 7.08. The van der Waals surface area contributed by atoms with E-state index in [1.165, 1.54) is 58.9 Å². The van der Waals surface area contributed by atoms with Crippen molar-refractivity contribution in [2.45, 2.75) is 57.5 Å². The van der Waals surface area contributed by atoms with Crippen LogP contribution in [0.1, 0.15) is 37.8 Å². The van der Waals surface area contributed by atoms with E-state index >= 15 is 0 Å². The predicted molar refractivity (Wildman–Crippen MR) is 172 cm³/mol. The minimum Gasteiger partial charge on any atom is -0.400 e. The van der Waals surface area contributed by atoms with Gasteiger partial charge in [-0.2, -0.15) is 13.2 Å². The average Bonchev–Trinajstić information content (AvgIpc) is 3.36. The second-order valence-corrected chi connectivity index (χ2v) is 8.10. The lowest BCUT2D eigenvalue weighted by atomic mass is 10.0. The number of rotatable bonds is 6. The van der Waals surface area contributed by atoms with Crippen LogP contribution in [-0.4, -0.2) is 81.3 Å². The van der Waals surface area contributed by atoms with Crippen molar-refractivity contribution in [1.29, 1.82) is 0 Å². The van der Waals surface area contributed by atoms with E-state index < -0.39 is 47.5 Å². The molecule has 0 saturated carbocycles. The molecule has 0 spiro atoms. The van der Waals surface area contributed by atoms with Crippen LogP contribution in [0.4, 0.5) is 13.2 Å². The van der Waals surface area contributed by atoms with Crippen LogP contribution >= 0.6 is 28.4 Å². The molecule has 3 aromatic rings. The lowest BCUT2D eigenvalue weighted by Crippen LogP contribution is -2.43. The fraction of sp³-hybridized carbons (Fsp3) is 0.423. The Morgan fingerprint density at radius 1 is 0.911 bits per heavy atom. The van der Waals surface area contributed by atoms with Gasteiger partial charge in [0.1, 0.15) is 12.2 Å². The molecule has 256 valence electrons. The molecule has 1 aliphatic heterocycles. The van der Waals surface area contributed by atoms with Crippen molar-refractivity contribution in [2.24, 2.45) is 0 Å². The Hall–Kier alpha value is -2.19. The molecule has 7 N–H and O–H groups in total. The number of aromatic nitrogens is 3. The topological polar surface area (TPSA) is 208 Å². The standard InChI is InChI=1S/C23H22F3N3O6.C2H6.CH4O.3H3OP/c24-23(25,26)15-3-1-2-13(10-15)14-4-7-27-16(11-14)12-29-18(31)5-8-28(22(29)34)21-20(33)19(32)17(35-21)6-9-30;5*1-2/h1-5,7-8,10-11,17,19-21,30,32-33H,6,9,12H2;1-2H3;2H,1H3;3*1H,2H2. The smallest absolute Gasteiger partial charge is 0.400 e. The van der Waals surface area contributed by atoms with E-state index in [1.807, 2.05) is 13.8 Å². The quantitative estimate of drug-likeness (QED) is 0.181. The third kappa shape index (κ3) is 12.8. The van der Waals surface area contributed by atoms with Gasteiger partial charge in [0.25, 0.3) is 5.56 Å².